The number of benzene rings is 1. The summed E-state index contributed by atoms with van der Waals surface area (Å²) in [5.41, 5.74) is 11.0. The van der Waals surface area contributed by atoms with Crippen LogP contribution in [0, 0.1) is 0 Å². The first-order chi connectivity index (χ1) is 18.6. The second-order valence-corrected chi connectivity index (χ2v) is 9.94. The zero-order chi connectivity index (χ0) is 25.9. The van der Waals surface area contributed by atoms with E-state index in [9.17, 15) is 4.79 Å². The number of carbonyl (C=O) groups excluding carboxylic acids is 1. The largest absolute Gasteiger partial charge is 0.378 e. The first-order valence-electron chi connectivity index (χ1n) is 13.1. The Morgan fingerprint density at radius 2 is 1.82 bits per heavy atom. The minimum atomic E-state index is -0.226. The number of carbonyl (C=O) groups is 1. The second kappa shape index (κ2) is 10.9. The molecule has 3 aromatic heterocycles. The summed E-state index contributed by atoms with van der Waals surface area (Å²) in [7, 11) is 0. The topological polar surface area (TPSA) is 125 Å². The first-order valence-corrected chi connectivity index (χ1v) is 13.1. The third kappa shape index (κ3) is 5.38. The molecular weight excluding hydrogens is 480 g/mol. The number of fused-ring (bicyclic) bond motifs is 1. The number of morpholine rings is 1. The maximum atomic E-state index is 12.9. The standard InChI is InChI=1S/C28H32N8O2/c29-21-6-9-35(10-7-21)17-19-5-8-30-25(15-19)28(37)33-22-3-1-20(2-4-22)24-16-23-26(34-24)31-18-32-27(23)36-11-13-38-14-12-36/h1-5,8,15-16,18,21H,6-7,9-14,17,29H2,(H,33,37)(H,31,32,34). The van der Waals surface area contributed by atoms with Gasteiger partial charge in [0, 0.05) is 43.3 Å². The van der Waals surface area contributed by atoms with Crippen LogP contribution in [-0.2, 0) is 11.3 Å². The lowest BCUT2D eigenvalue weighted by atomic mass is 10.1. The minimum Gasteiger partial charge on any atom is -0.378 e. The molecule has 0 unspecified atom stereocenters. The van der Waals surface area contributed by atoms with Crippen LogP contribution >= 0.6 is 0 Å². The summed E-state index contributed by atoms with van der Waals surface area (Å²) in [4.78, 5) is 34.2. The zero-order valence-electron chi connectivity index (χ0n) is 21.3. The predicted octanol–water partition coefficient (Wildman–Crippen LogP) is 3.03. The minimum absolute atomic E-state index is 0.226. The number of nitrogens with zero attached hydrogens (tertiary/aromatic N) is 5. The van der Waals surface area contributed by atoms with Gasteiger partial charge in [-0.3, -0.25) is 14.7 Å². The molecule has 10 heteroatoms. The van der Waals surface area contributed by atoms with Crippen molar-refractivity contribution >= 4 is 28.4 Å². The molecular formula is C28H32N8O2. The number of pyridine rings is 1. The van der Waals surface area contributed by atoms with E-state index in [0.29, 0.717) is 30.6 Å². The number of hydrogen-bond donors (Lipinski definition) is 3. The van der Waals surface area contributed by atoms with Gasteiger partial charge >= 0.3 is 0 Å². The molecule has 0 aliphatic carbocycles. The summed E-state index contributed by atoms with van der Waals surface area (Å²) in [6.45, 7) is 5.78. The summed E-state index contributed by atoms with van der Waals surface area (Å²) in [6.07, 6.45) is 5.31. The van der Waals surface area contributed by atoms with Gasteiger partial charge in [0.05, 0.1) is 18.6 Å². The van der Waals surface area contributed by atoms with Crippen molar-refractivity contribution in [1.29, 1.82) is 0 Å². The number of amides is 1. The summed E-state index contributed by atoms with van der Waals surface area (Å²) in [6, 6.07) is 14.0. The number of anilines is 2. The number of nitrogens with two attached hydrogens (primary N) is 1. The molecule has 196 valence electrons. The Kier molecular flexibility index (Phi) is 7.00. The molecule has 0 radical (unpaired) electrons. The van der Waals surface area contributed by atoms with E-state index in [1.165, 1.54) is 0 Å². The van der Waals surface area contributed by atoms with Crippen molar-refractivity contribution in [3.05, 3.63) is 66.2 Å². The Balaban J connectivity index is 1.13. The highest BCUT2D eigenvalue weighted by Gasteiger charge is 2.19. The normalized spacial score (nSPS) is 17.1. The van der Waals surface area contributed by atoms with E-state index in [0.717, 1.165) is 79.2 Å². The summed E-state index contributed by atoms with van der Waals surface area (Å²) in [5.74, 6) is 0.694. The van der Waals surface area contributed by atoms with Crippen LogP contribution in [0.25, 0.3) is 22.3 Å². The monoisotopic (exact) mass is 512 g/mol. The van der Waals surface area contributed by atoms with Gasteiger partial charge in [0.1, 0.15) is 23.5 Å². The van der Waals surface area contributed by atoms with Crippen LogP contribution < -0.4 is 16.0 Å². The van der Waals surface area contributed by atoms with Gasteiger partial charge in [-0.15, -0.1) is 0 Å². The molecule has 10 nitrogen and oxygen atoms in total. The highest BCUT2D eigenvalue weighted by Crippen LogP contribution is 2.29. The Morgan fingerprint density at radius 1 is 1.03 bits per heavy atom. The fourth-order valence-electron chi connectivity index (χ4n) is 5.10. The van der Waals surface area contributed by atoms with E-state index in [-0.39, 0.29) is 5.91 Å². The third-order valence-corrected chi connectivity index (χ3v) is 7.26. The average Bonchev–Trinajstić information content (AvgIpc) is 3.40. The van der Waals surface area contributed by atoms with Crippen molar-refractivity contribution in [2.45, 2.75) is 25.4 Å². The smallest absolute Gasteiger partial charge is 0.274 e. The van der Waals surface area contributed by atoms with Crippen LogP contribution in [0.3, 0.4) is 0 Å². The first kappa shape index (κ1) is 24.5. The maximum absolute atomic E-state index is 12.9. The van der Waals surface area contributed by atoms with E-state index in [1.807, 2.05) is 36.4 Å². The fraction of sp³-hybridized carbons (Fsp3) is 0.357. The number of aromatic amines is 1. The van der Waals surface area contributed by atoms with Crippen LogP contribution in [0.2, 0.25) is 0 Å². The Hall–Kier alpha value is -3.86. The van der Waals surface area contributed by atoms with Gasteiger partial charge in [0.25, 0.3) is 5.91 Å². The van der Waals surface area contributed by atoms with Gasteiger partial charge in [-0.2, -0.15) is 0 Å². The molecule has 2 aliphatic rings. The Bertz CT molecular complexity index is 1410. The molecule has 2 saturated heterocycles. The molecule has 0 atom stereocenters. The molecule has 0 bridgehead atoms. The number of hydrogen-bond acceptors (Lipinski definition) is 8. The molecule has 0 saturated carbocycles. The molecule has 1 amide bonds. The number of piperidine rings is 1. The van der Waals surface area contributed by atoms with Crippen molar-refractivity contribution in [2.24, 2.45) is 5.73 Å². The third-order valence-electron chi connectivity index (χ3n) is 7.26. The average molecular weight is 513 g/mol. The number of aromatic nitrogens is 4. The lowest BCUT2D eigenvalue weighted by Gasteiger charge is -2.30. The van der Waals surface area contributed by atoms with E-state index < -0.39 is 0 Å². The number of rotatable bonds is 6. The fourth-order valence-corrected chi connectivity index (χ4v) is 5.10. The van der Waals surface area contributed by atoms with Gasteiger partial charge in [-0.1, -0.05) is 12.1 Å². The second-order valence-electron chi connectivity index (χ2n) is 9.94. The Morgan fingerprint density at radius 3 is 2.61 bits per heavy atom. The van der Waals surface area contributed by atoms with Gasteiger partial charge in [0.2, 0.25) is 0 Å². The van der Waals surface area contributed by atoms with Crippen LogP contribution in [0.4, 0.5) is 11.5 Å². The molecule has 4 aromatic rings. The SMILES string of the molecule is NC1CCN(Cc2ccnc(C(=O)Nc3ccc(-c4cc5c(N6CCOCC6)ncnc5[nH]4)cc3)c2)CC1. The molecule has 4 N–H and O–H groups in total. The van der Waals surface area contributed by atoms with Crippen molar-refractivity contribution in [3.8, 4) is 11.3 Å². The zero-order valence-corrected chi connectivity index (χ0v) is 21.3. The predicted molar refractivity (Wildman–Crippen MR) is 147 cm³/mol. The number of ether oxygens (including phenoxy) is 1. The van der Waals surface area contributed by atoms with E-state index in [4.69, 9.17) is 10.5 Å². The highest BCUT2D eigenvalue weighted by molar-refractivity contribution is 6.03. The number of nitrogens with one attached hydrogen (secondary N) is 2. The lowest BCUT2D eigenvalue weighted by Crippen LogP contribution is -2.39. The molecule has 1 aromatic carbocycles. The number of likely N-dealkylation sites (tertiary alicyclic amines) is 1. The molecule has 2 fully saturated rings. The lowest BCUT2D eigenvalue weighted by molar-refractivity contribution is 0.102. The van der Waals surface area contributed by atoms with Crippen molar-refractivity contribution < 1.29 is 9.53 Å². The van der Waals surface area contributed by atoms with E-state index in [1.54, 1.807) is 12.5 Å². The van der Waals surface area contributed by atoms with Crippen LogP contribution in [0.15, 0.2) is 55.0 Å². The maximum Gasteiger partial charge on any atom is 0.274 e. The van der Waals surface area contributed by atoms with Crippen molar-refractivity contribution in [1.82, 2.24) is 24.8 Å². The molecule has 38 heavy (non-hydrogen) atoms. The van der Waals surface area contributed by atoms with Crippen LogP contribution in [0.5, 0.6) is 0 Å². The van der Waals surface area contributed by atoms with Gasteiger partial charge in [-0.25, -0.2) is 9.97 Å². The van der Waals surface area contributed by atoms with Crippen LogP contribution in [0.1, 0.15) is 28.9 Å². The van der Waals surface area contributed by atoms with Gasteiger partial charge in [-0.05, 0) is 67.4 Å². The molecule has 2 aliphatic heterocycles. The molecule has 6 rings (SSSR count). The van der Waals surface area contributed by atoms with E-state index >= 15 is 0 Å². The van der Waals surface area contributed by atoms with Gasteiger partial charge < -0.3 is 25.7 Å². The van der Waals surface area contributed by atoms with E-state index in [2.05, 4.69) is 41.1 Å². The Labute approximate surface area is 221 Å². The summed E-state index contributed by atoms with van der Waals surface area (Å²) < 4.78 is 5.48. The van der Waals surface area contributed by atoms with Crippen molar-refractivity contribution in [2.75, 3.05) is 49.6 Å². The summed E-state index contributed by atoms with van der Waals surface area (Å²) >= 11 is 0. The molecule has 5 heterocycles. The highest BCUT2D eigenvalue weighted by atomic mass is 16.5. The number of H-pyrrole nitrogens is 1. The quantitative estimate of drug-likeness (QED) is 0.360. The van der Waals surface area contributed by atoms with Crippen molar-refractivity contribution in [3.63, 3.8) is 0 Å². The van der Waals surface area contributed by atoms with Gasteiger partial charge in [0.15, 0.2) is 0 Å². The molecule has 0 spiro atoms. The summed E-state index contributed by atoms with van der Waals surface area (Å²) in [5, 5.41) is 3.96. The van der Waals surface area contributed by atoms with Crippen LogP contribution in [-0.4, -0.2) is 76.2 Å².